The Kier molecular flexibility index (Phi) is 13.0. The number of hydrogen-bond acceptors (Lipinski definition) is 14. The third kappa shape index (κ3) is 8.36. The summed E-state index contributed by atoms with van der Waals surface area (Å²) in [5.41, 5.74) is 0.733. The van der Waals surface area contributed by atoms with Crippen LogP contribution < -0.4 is 20.4 Å². The van der Waals surface area contributed by atoms with Crippen molar-refractivity contribution in [2.24, 2.45) is 29.6 Å². The summed E-state index contributed by atoms with van der Waals surface area (Å²) in [5, 5.41) is 37.2. The monoisotopic (exact) mass is 881 g/mol. The van der Waals surface area contributed by atoms with Gasteiger partial charge in [0.05, 0.1) is 35.5 Å². The molecule has 0 aromatic heterocycles. The Morgan fingerprint density at radius 2 is 1.67 bits per heavy atom. The molecule has 4 aliphatic heterocycles. The lowest BCUT2D eigenvalue weighted by Crippen LogP contribution is -2.46. The van der Waals surface area contributed by atoms with Gasteiger partial charge in [-0.3, -0.25) is 19.2 Å². The number of phenols is 1. The van der Waals surface area contributed by atoms with Crippen LogP contribution in [0.3, 0.4) is 0 Å². The number of aromatic hydroxyl groups is 1. The summed E-state index contributed by atoms with van der Waals surface area (Å²) >= 11 is 0. The first-order valence-electron chi connectivity index (χ1n) is 21.9. The number of piperidine rings is 1. The zero-order chi connectivity index (χ0) is 46.5. The highest BCUT2D eigenvalue weighted by molar-refractivity contribution is 6.22. The molecule has 0 radical (unpaired) electrons. The van der Waals surface area contributed by atoms with Crippen LogP contribution >= 0.6 is 0 Å². The first kappa shape index (κ1) is 46.2. The van der Waals surface area contributed by atoms with Crippen LogP contribution in [0.25, 0.3) is 33.3 Å². The van der Waals surface area contributed by atoms with E-state index in [1.807, 2.05) is 12.1 Å². The van der Waals surface area contributed by atoms with Crippen LogP contribution in [0.1, 0.15) is 84.2 Å². The zero-order valence-electron chi connectivity index (χ0n) is 38.1. The molecule has 15 heteroatoms. The van der Waals surface area contributed by atoms with E-state index in [1.165, 1.54) is 46.3 Å². The molecule has 5 aliphatic rings. The molecule has 15 nitrogen and oxygen atoms in total. The number of carbonyl (C=O) groups is 3. The number of aliphatic hydroxyl groups is 2. The molecule has 64 heavy (non-hydrogen) atoms. The SMILES string of the molecule is CO[C@H]1/C=C/O[C@@]2(C)Oc3c(C)c(O)c4c(=O)c(c5oc6cc(N7CCC(C)CC7)ccc6nc-5c4c3C2=O)NC(=O)/C(C)=C\C=C\[C@H](C)[C@H](O)[C@@H](C)[C@@H](O)[C@@H](C)[C@H](OC(C)=O)[C@@H]1C. The second-order valence-electron chi connectivity index (χ2n) is 18.0. The normalized spacial score (nSPS) is 30.5. The highest BCUT2D eigenvalue weighted by Gasteiger charge is 2.50. The van der Waals surface area contributed by atoms with Gasteiger partial charge in [0.2, 0.25) is 5.43 Å². The van der Waals surface area contributed by atoms with Gasteiger partial charge in [-0.2, -0.15) is 0 Å². The number of allylic oxidation sites excluding steroid dienone is 2. The number of ketones is 1. The van der Waals surface area contributed by atoms with Crippen molar-refractivity contribution in [1.82, 2.24) is 4.98 Å². The van der Waals surface area contributed by atoms with Crippen molar-refractivity contribution in [3.05, 3.63) is 75.7 Å². The van der Waals surface area contributed by atoms with E-state index in [0.717, 1.165) is 31.6 Å². The van der Waals surface area contributed by atoms with Gasteiger partial charge in [-0.15, -0.1) is 0 Å². The van der Waals surface area contributed by atoms with Crippen LogP contribution in [0.2, 0.25) is 0 Å². The van der Waals surface area contributed by atoms with Crippen molar-refractivity contribution < 1.29 is 53.1 Å². The standard InChI is InChI=1S/C49H59N3O12/c1-23-16-19-52(20-17-23)31-14-15-32-34(22-31)63-46-38(50-32)35-36-42(56)29(7)45-37(35)47(58)49(9,64-45)61-21-18-33(60-10)26(4)44(62-30(8)53)28(6)41(55)27(5)40(54)24(2)12-11-13-25(3)48(59)51-39(46)43(36)57/h11-15,18,21-24,26-28,33,40-41,44,54-56H,16-17,19-20H2,1-10H3,(H,51,59)/b12-11+,21-18+,25-13-/t24-,26+,27+,28+,33-,40-,41+,44+,49-/m0/s1. The van der Waals surface area contributed by atoms with Crippen molar-refractivity contribution in [2.75, 3.05) is 30.4 Å². The summed E-state index contributed by atoms with van der Waals surface area (Å²) in [6.45, 7) is 16.6. The van der Waals surface area contributed by atoms with Gasteiger partial charge in [-0.1, -0.05) is 52.8 Å². The summed E-state index contributed by atoms with van der Waals surface area (Å²) in [6, 6.07) is 5.57. The van der Waals surface area contributed by atoms with Crippen molar-refractivity contribution in [3.63, 3.8) is 0 Å². The fourth-order valence-corrected chi connectivity index (χ4v) is 9.26. The summed E-state index contributed by atoms with van der Waals surface area (Å²) in [6.07, 6.45) is 5.76. The van der Waals surface area contributed by atoms with E-state index in [0.29, 0.717) is 17.0 Å². The number of methoxy groups -OCH3 is 1. The third-order valence-electron chi connectivity index (χ3n) is 13.5. The number of amides is 1. The Morgan fingerprint density at radius 3 is 2.34 bits per heavy atom. The number of aliphatic hydroxyl groups excluding tert-OH is 2. The van der Waals surface area contributed by atoms with Crippen molar-refractivity contribution in [1.29, 1.82) is 0 Å². The lowest BCUT2D eigenvalue weighted by molar-refractivity contribution is -0.160. The topological polar surface area (TPSA) is 207 Å². The number of carbonyl (C=O) groups excluding carboxylic acids is 3. The van der Waals surface area contributed by atoms with Gasteiger partial charge in [0.1, 0.15) is 34.5 Å². The number of ether oxygens (including phenoxy) is 4. The van der Waals surface area contributed by atoms with Gasteiger partial charge in [-0.05, 0) is 50.8 Å². The minimum atomic E-state index is -2.02. The van der Waals surface area contributed by atoms with Gasteiger partial charge >= 0.3 is 11.8 Å². The summed E-state index contributed by atoms with van der Waals surface area (Å²) in [7, 11) is 1.45. The molecule has 4 N–H and O–H groups in total. The highest BCUT2D eigenvalue weighted by atomic mass is 16.7. The van der Waals surface area contributed by atoms with Gasteiger partial charge in [0.25, 0.3) is 11.7 Å². The average Bonchev–Trinajstić information content (AvgIpc) is 3.53. The summed E-state index contributed by atoms with van der Waals surface area (Å²) < 4.78 is 30.5. The van der Waals surface area contributed by atoms with Crippen molar-refractivity contribution in [2.45, 2.75) is 105 Å². The van der Waals surface area contributed by atoms with E-state index in [1.54, 1.807) is 52.8 Å². The molecule has 2 aromatic carbocycles. The second kappa shape index (κ2) is 18.0. The Hall–Kier alpha value is -5.77. The molecule has 342 valence electrons. The molecule has 0 unspecified atom stereocenters. The smallest absolute Gasteiger partial charge is 0.312 e. The molecule has 7 rings (SSSR count). The fourth-order valence-electron chi connectivity index (χ4n) is 9.26. The molecule has 1 aliphatic carbocycles. The first-order chi connectivity index (χ1) is 30.3. The van der Waals surface area contributed by atoms with Gasteiger partial charge < -0.3 is 48.9 Å². The lowest BCUT2D eigenvalue weighted by atomic mass is 9.78. The number of anilines is 2. The van der Waals surface area contributed by atoms with E-state index in [9.17, 15) is 34.5 Å². The van der Waals surface area contributed by atoms with Gasteiger partial charge in [0.15, 0.2) is 11.3 Å². The number of nitrogens with zero attached hydrogens (tertiary/aromatic N) is 2. The van der Waals surface area contributed by atoms with Crippen molar-refractivity contribution >= 4 is 50.9 Å². The van der Waals surface area contributed by atoms with Crippen molar-refractivity contribution in [3.8, 4) is 23.0 Å². The molecular formula is C49H59N3O12. The highest BCUT2D eigenvalue weighted by Crippen LogP contribution is 2.50. The van der Waals surface area contributed by atoms with E-state index >= 15 is 0 Å². The fraction of sp³-hybridized carbons (Fsp3) is 0.490. The lowest BCUT2D eigenvalue weighted by Gasteiger charge is -2.38. The van der Waals surface area contributed by atoms with Crippen LogP contribution in [0.4, 0.5) is 11.4 Å². The Labute approximate surface area is 372 Å². The van der Waals surface area contributed by atoms with E-state index in [-0.39, 0.29) is 50.4 Å². The molecule has 4 bridgehead atoms. The van der Waals surface area contributed by atoms with Crippen LogP contribution in [0, 0.1) is 36.5 Å². The molecule has 2 aromatic rings. The van der Waals surface area contributed by atoms with Crippen LogP contribution in [0.15, 0.2) is 63.6 Å². The number of fused-ring (bicyclic) bond motifs is 2. The summed E-state index contributed by atoms with van der Waals surface area (Å²) in [5.74, 6) is -6.45. The van der Waals surface area contributed by atoms with E-state index in [2.05, 4.69) is 17.1 Å². The minimum Gasteiger partial charge on any atom is -0.507 e. The number of rotatable bonds is 3. The quantitative estimate of drug-likeness (QED) is 0.0914. The number of hydrogen-bond donors (Lipinski definition) is 4. The molecule has 0 spiro atoms. The largest absolute Gasteiger partial charge is 0.507 e. The number of phenolic OH excluding ortho intramolecular Hbond substituents is 1. The second-order valence-corrected chi connectivity index (χ2v) is 18.0. The third-order valence-corrected chi connectivity index (χ3v) is 13.5. The molecule has 4 heterocycles. The first-order valence-corrected chi connectivity index (χ1v) is 21.9. The van der Waals surface area contributed by atoms with E-state index in [4.69, 9.17) is 28.3 Å². The minimum absolute atomic E-state index is 0.0225. The van der Waals surface area contributed by atoms with E-state index < -0.39 is 82.7 Å². The van der Waals surface area contributed by atoms with Gasteiger partial charge in [-0.25, -0.2) is 4.98 Å². The maximum Gasteiger partial charge on any atom is 0.312 e. The predicted octanol–water partition coefficient (Wildman–Crippen LogP) is 7.19. The number of Topliss-reactive ketones (excluding diaryl/α,β-unsaturated/α-hetero) is 1. The molecule has 9 atom stereocenters. The molecule has 1 amide bonds. The molecule has 0 saturated carbocycles. The van der Waals surface area contributed by atoms with Crippen LogP contribution in [-0.2, 0) is 23.8 Å². The maximum atomic E-state index is 14.8. The Balaban J connectivity index is 1.43. The van der Waals surface area contributed by atoms with Gasteiger partial charge in [0, 0.05) is 86.0 Å². The number of esters is 1. The number of benzene rings is 3. The Bertz CT molecular complexity index is 2610. The molecule has 1 fully saturated rings. The van der Waals surface area contributed by atoms with Crippen LogP contribution in [0.5, 0.6) is 11.5 Å². The summed E-state index contributed by atoms with van der Waals surface area (Å²) in [4.78, 5) is 63.1. The number of aromatic nitrogens is 1. The predicted molar refractivity (Wildman–Crippen MR) is 242 cm³/mol. The van der Waals surface area contributed by atoms with Crippen LogP contribution in [-0.4, -0.2) is 88.4 Å². The molecule has 1 saturated heterocycles. The Morgan fingerprint density at radius 1 is 0.969 bits per heavy atom. The maximum absolute atomic E-state index is 14.8. The molecular weight excluding hydrogens is 823 g/mol. The zero-order valence-corrected chi connectivity index (χ0v) is 38.1. The average molecular weight is 882 g/mol. The number of nitrogens with one attached hydrogen (secondary N) is 1.